The van der Waals surface area contributed by atoms with Crippen molar-refractivity contribution in [3.05, 3.63) is 29.8 Å². The van der Waals surface area contributed by atoms with E-state index in [1.807, 2.05) is 65.8 Å². The van der Waals surface area contributed by atoms with Gasteiger partial charge in [0.2, 0.25) is 0 Å². The molecule has 0 radical (unpaired) electrons. The molecule has 0 aliphatic carbocycles. The number of aryl methyl sites for hydroxylation is 1. The van der Waals surface area contributed by atoms with Crippen molar-refractivity contribution < 1.29 is 28.2 Å². The van der Waals surface area contributed by atoms with Crippen LogP contribution >= 0.6 is 0 Å². The highest BCUT2D eigenvalue weighted by molar-refractivity contribution is 6.74. The lowest BCUT2D eigenvalue weighted by molar-refractivity contribution is -0.103. The van der Waals surface area contributed by atoms with E-state index in [-0.39, 0.29) is 23.3 Å². The molecule has 1 N–H and O–H groups in total. The molecule has 2 rings (SSSR count). The summed E-state index contributed by atoms with van der Waals surface area (Å²) in [5.74, 6) is 0. The average molecular weight is 551 g/mol. The van der Waals surface area contributed by atoms with Gasteiger partial charge in [0.05, 0.1) is 31.9 Å². The number of nitrogens with one attached hydrogen (secondary N) is 1. The summed E-state index contributed by atoms with van der Waals surface area (Å²) in [5, 5.41) is 2.95. The number of rotatable bonds is 7. The average Bonchev–Trinajstić information content (AvgIpc) is 2.74. The van der Waals surface area contributed by atoms with Crippen molar-refractivity contribution in [2.75, 3.05) is 25.0 Å². The summed E-state index contributed by atoms with van der Waals surface area (Å²) >= 11 is 0. The Kier molecular flexibility index (Phi) is 10.5. The number of carbonyl (C=O) groups excluding carboxylic acids is 2. The van der Waals surface area contributed by atoms with Gasteiger partial charge < -0.3 is 23.5 Å². The Morgan fingerprint density at radius 3 is 2.11 bits per heavy atom. The summed E-state index contributed by atoms with van der Waals surface area (Å²) < 4.78 is 24.0. The maximum absolute atomic E-state index is 13.0. The lowest BCUT2D eigenvalue weighted by Gasteiger charge is -2.41. The van der Waals surface area contributed by atoms with Crippen LogP contribution in [0, 0.1) is 0 Å². The first-order valence-electron chi connectivity index (χ1n) is 13.6. The molecule has 1 aromatic rings. The zero-order valence-corrected chi connectivity index (χ0v) is 26.4. The molecule has 0 aromatic heterocycles. The first-order chi connectivity index (χ1) is 17.3. The van der Waals surface area contributed by atoms with E-state index in [4.69, 9.17) is 18.6 Å². The Balaban J connectivity index is 2.13. The second kappa shape index (κ2) is 12.4. The molecule has 2 atom stereocenters. The van der Waals surface area contributed by atoms with Crippen LogP contribution in [0.3, 0.4) is 0 Å². The lowest BCUT2D eigenvalue weighted by Crippen LogP contribution is -2.54. The van der Waals surface area contributed by atoms with Crippen LogP contribution < -0.4 is 5.32 Å². The third kappa shape index (κ3) is 10.6. The van der Waals surface area contributed by atoms with E-state index in [1.54, 1.807) is 4.90 Å². The summed E-state index contributed by atoms with van der Waals surface area (Å²) in [6.45, 7) is 23.5. The third-order valence-electron chi connectivity index (χ3n) is 6.71. The number of nitrogens with zero attached hydrogens (tertiary/aromatic N) is 1. The smallest absolute Gasteiger partial charge is 0.412 e. The lowest BCUT2D eigenvalue weighted by atomic mass is 10.0. The summed E-state index contributed by atoms with van der Waals surface area (Å²) in [7, 11) is -1.98. The fraction of sp³-hybridized carbons (Fsp3) is 0.724. The Labute approximate surface area is 230 Å². The SMILES string of the molecule is CC(C)(C)OC(=O)Nc1ccccc1CC[C@@H]1CN(C(=O)OC(C)(C)C)C[C@@H](CO[Si](C)(C)C(C)(C)C)O1. The highest BCUT2D eigenvalue weighted by Gasteiger charge is 2.39. The van der Waals surface area contributed by atoms with Crippen LogP contribution in [0.1, 0.15) is 74.3 Å². The van der Waals surface area contributed by atoms with Gasteiger partial charge in [0.15, 0.2) is 8.32 Å². The van der Waals surface area contributed by atoms with Crippen molar-refractivity contribution in [3.8, 4) is 0 Å². The molecule has 1 aliphatic rings. The fourth-order valence-corrected chi connectivity index (χ4v) is 4.79. The van der Waals surface area contributed by atoms with E-state index >= 15 is 0 Å². The number of benzene rings is 1. The van der Waals surface area contributed by atoms with Crippen molar-refractivity contribution in [3.63, 3.8) is 0 Å². The molecule has 2 amide bonds. The van der Waals surface area contributed by atoms with Gasteiger partial charge in [-0.25, -0.2) is 9.59 Å². The normalized spacial score (nSPS) is 19.2. The molecule has 1 saturated heterocycles. The van der Waals surface area contributed by atoms with Gasteiger partial charge in [-0.05, 0) is 84.1 Å². The number of anilines is 1. The Morgan fingerprint density at radius 2 is 1.53 bits per heavy atom. The van der Waals surface area contributed by atoms with Gasteiger partial charge in [0.25, 0.3) is 0 Å². The first kappa shape index (κ1) is 32.1. The molecule has 1 heterocycles. The molecule has 1 aromatic carbocycles. The number of para-hydroxylation sites is 1. The van der Waals surface area contributed by atoms with Gasteiger partial charge in [0, 0.05) is 5.69 Å². The Morgan fingerprint density at radius 1 is 0.947 bits per heavy atom. The van der Waals surface area contributed by atoms with Crippen LogP contribution in [0.15, 0.2) is 24.3 Å². The molecule has 0 bridgehead atoms. The van der Waals surface area contributed by atoms with Gasteiger partial charge in [-0.1, -0.05) is 39.0 Å². The second-order valence-corrected chi connectivity index (χ2v) is 18.5. The van der Waals surface area contributed by atoms with Crippen LogP contribution in [-0.4, -0.2) is 68.5 Å². The van der Waals surface area contributed by atoms with Gasteiger partial charge in [-0.15, -0.1) is 0 Å². The molecule has 38 heavy (non-hydrogen) atoms. The summed E-state index contributed by atoms with van der Waals surface area (Å²) in [4.78, 5) is 27.1. The zero-order valence-electron chi connectivity index (χ0n) is 25.4. The van der Waals surface area contributed by atoms with Gasteiger partial charge >= 0.3 is 12.2 Å². The van der Waals surface area contributed by atoms with Crippen molar-refractivity contribution in [1.82, 2.24) is 4.90 Å². The maximum atomic E-state index is 13.0. The molecule has 9 heteroatoms. The summed E-state index contributed by atoms with van der Waals surface area (Å²) in [6, 6.07) is 7.68. The van der Waals surface area contributed by atoms with Gasteiger partial charge in [-0.3, -0.25) is 5.32 Å². The first-order valence-corrected chi connectivity index (χ1v) is 16.5. The Bertz CT molecular complexity index is 946. The van der Waals surface area contributed by atoms with Crippen LogP contribution in [0.4, 0.5) is 15.3 Å². The van der Waals surface area contributed by atoms with Crippen LogP contribution in [0.25, 0.3) is 0 Å². The highest BCUT2D eigenvalue weighted by atomic mass is 28.4. The number of carbonyl (C=O) groups is 2. The van der Waals surface area contributed by atoms with Crippen LogP contribution in [0.5, 0.6) is 0 Å². The highest BCUT2D eigenvalue weighted by Crippen LogP contribution is 2.37. The monoisotopic (exact) mass is 550 g/mol. The maximum Gasteiger partial charge on any atom is 0.412 e. The van der Waals surface area contributed by atoms with E-state index in [0.29, 0.717) is 38.2 Å². The van der Waals surface area contributed by atoms with Crippen LogP contribution in [-0.2, 0) is 25.1 Å². The number of morpholine rings is 1. The molecule has 0 spiro atoms. The Hall–Kier alpha value is -2.10. The second-order valence-electron chi connectivity index (χ2n) is 13.7. The zero-order chi connectivity index (χ0) is 28.9. The van der Waals surface area contributed by atoms with Gasteiger partial charge in [0.1, 0.15) is 11.2 Å². The predicted octanol–water partition coefficient (Wildman–Crippen LogP) is 6.99. The number of hydrogen-bond donors (Lipinski definition) is 1. The quantitative estimate of drug-likeness (QED) is 0.368. The number of amides is 2. The largest absolute Gasteiger partial charge is 0.444 e. The van der Waals surface area contributed by atoms with E-state index in [1.165, 1.54) is 0 Å². The number of hydrogen-bond acceptors (Lipinski definition) is 6. The minimum absolute atomic E-state index is 0.0801. The van der Waals surface area contributed by atoms with Crippen molar-refractivity contribution in [2.24, 2.45) is 0 Å². The molecular formula is C29H50N2O6Si. The van der Waals surface area contributed by atoms with E-state index < -0.39 is 25.6 Å². The standard InChI is InChI=1S/C29H50N2O6Si/c1-27(2,3)36-25(32)30-24-15-13-12-14-21(24)16-17-22-18-31(26(33)37-28(4,5)6)19-23(35-22)20-34-38(10,11)29(7,8)9/h12-15,22-23H,16-20H2,1-11H3,(H,30,32)/t22-,23+/m1/s1. The molecule has 1 fully saturated rings. The topological polar surface area (TPSA) is 86.3 Å². The molecule has 0 saturated carbocycles. The van der Waals surface area contributed by atoms with E-state index in [2.05, 4.69) is 39.2 Å². The summed E-state index contributed by atoms with van der Waals surface area (Å²) in [6.07, 6.45) is 0.0645. The third-order valence-corrected chi connectivity index (χ3v) is 11.2. The molecule has 1 aliphatic heterocycles. The molecular weight excluding hydrogens is 500 g/mol. The van der Waals surface area contributed by atoms with E-state index in [9.17, 15) is 9.59 Å². The molecule has 0 unspecified atom stereocenters. The minimum atomic E-state index is -1.98. The summed E-state index contributed by atoms with van der Waals surface area (Å²) in [5.41, 5.74) is 0.524. The van der Waals surface area contributed by atoms with E-state index in [0.717, 1.165) is 5.56 Å². The predicted molar refractivity (Wildman–Crippen MR) is 154 cm³/mol. The minimum Gasteiger partial charge on any atom is -0.444 e. The molecule has 8 nitrogen and oxygen atoms in total. The van der Waals surface area contributed by atoms with Crippen molar-refractivity contribution >= 4 is 26.2 Å². The molecule has 216 valence electrons. The number of ether oxygens (including phenoxy) is 3. The van der Waals surface area contributed by atoms with Crippen molar-refractivity contribution in [1.29, 1.82) is 0 Å². The van der Waals surface area contributed by atoms with Gasteiger partial charge in [-0.2, -0.15) is 0 Å². The fourth-order valence-electron chi connectivity index (χ4n) is 3.76. The van der Waals surface area contributed by atoms with Crippen LogP contribution in [0.2, 0.25) is 18.1 Å². The van der Waals surface area contributed by atoms with Crippen molar-refractivity contribution in [2.45, 2.75) is 117 Å².